The van der Waals surface area contributed by atoms with Crippen LogP contribution in [-0.4, -0.2) is 5.91 Å². The lowest BCUT2D eigenvalue weighted by Crippen LogP contribution is -2.13. The van der Waals surface area contributed by atoms with E-state index in [4.69, 9.17) is 17.3 Å². The first-order valence-corrected chi connectivity index (χ1v) is 4.45. The minimum absolute atomic E-state index is 0.381. The van der Waals surface area contributed by atoms with E-state index < -0.39 is 5.91 Å². The highest BCUT2D eigenvalue weighted by Crippen LogP contribution is 2.25. The van der Waals surface area contributed by atoms with Crippen molar-refractivity contribution in [1.82, 2.24) is 0 Å². The molecular formula is C8H7BrClNO. The molecule has 4 heteroatoms. The van der Waals surface area contributed by atoms with Crippen LogP contribution < -0.4 is 5.73 Å². The van der Waals surface area contributed by atoms with E-state index in [2.05, 4.69) is 15.9 Å². The second-order valence-electron chi connectivity index (χ2n) is 2.39. The van der Waals surface area contributed by atoms with Crippen LogP contribution in [0.25, 0.3) is 0 Å². The van der Waals surface area contributed by atoms with Gasteiger partial charge in [-0.25, -0.2) is 0 Å². The summed E-state index contributed by atoms with van der Waals surface area (Å²) in [5, 5.41) is 0.392. The molecule has 0 aliphatic rings. The fourth-order valence-corrected chi connectivity index (χ4v) is 1.58. The summed E-state index contributed by atoms with van der Waals surface area (Å²) in [7, 11) is 0. The minimum atomic E-state index is -0.501. The van der Waals surface area contributed by atoms with Crippen LogP contribution in [0.3, 0.4) is 0 Å². The molecule has 0 saturated heterocycles. The van der Waals surface area contributed by atoms with Crippen LogP contribution in [-0.2, 0) is 0 Å². The van der Waals surface area contributed by atoms with Gasteiger partial charge in [-0.1, -0.05) is 27.5 Å². The highest BCUT2D eigenvalue weighted by atomic mass is 79.9. The van der Waals surface area contributed by atoms with Crippen molar-refractivity contribution in [3.8, 4) is 0 Å². The largest absolute Gasteiger partial charge is 0.366 e. The predicted octanol–water partition coefficient (Wildman–Crippen LogP) is 2.51. The van der Waals surface area contributed by atoms with Crippen LogP contribution >= 0.6 is 27.5 Å². The number of amides is 1. The molecular weight excluding hydrogens is 241 g/mol. The second kappa shape index (κ2) is 3.46. The normalized spacial score (nSPS) is 9.92. The molecule has 0 aliphatic heterocycles. The molecule has 0 aliphatic carbocycles. The lowest BCUT2D eigenvalue weighted by Gasteiger charge is -2.05. The van der Waals surface area contributed by atoms with Gasteiger partial charge in [0, 0.05) is 4.47 Å². The van der Waals surface area contributed by atoms with Crippen molar-refractivity contribution in [2.45, 2.75) is 6.92 Å². The van der Waals surface area contributed by atoms with Gasteiger partial charge in [0.15, 0.2) is 0 Å². The number of primary amides is 1. The highest BCUT2D eigenvalue weighted by molar-refractivity contribution is 9.10. The molecule has 0 saturated carbocycles. The molecule has 64 valence electrons. The van der Waals surface area contributed by atoms with Gasteiger partial charge < -0.3 is 5.73 Å². The van der Waals surface area contributed by atoms with Gasteiger partial charge in [-0.05, 0) is 24.6 Å². The fraction of sp³-hybridized carbons (Fsp3) is 0.125. The molecule has 0 fully saturated rings. The van der Waals surface area contributed by atoms with Crippen LogP contribution in [0, 0.1) is 6.92 Å². The molecule has 0 unspecified atom stereocenters. The van der Waals surface area contributed by atoms with E-state index in [0.717, 1.165) is 10.0 Å². The third-order valence-corrected chi connectivity index (χ3v) is 2.77. The van der Waals surface area contributed by atoms with Crippen LogP contribution in [0.4, 0.5) is 0 Å². The molecule has 0 atom stereocenters. The summed E-state index contributed by atoms with van der Waals surface area (Å²) in [6.07, 6.45) is 0. The maximum absolute atomic E-state index is 10.9. The van der Waals surface area contributed by atoms with Crippen molar-refractivity contribution in [1.29, 1.82) is 0 Å². The summed E-state index contributed by atoms with van der Waals surface area (Å²) in [6.45, 7) is 1.79. The van der Waals surface area contributed by atoms with E-state index in [-0.39, 0.29) is 0 Å². The number of hydrogen-bond donors (Lipinski definition) is 1. The van der Waals surface area contributed by atoms with Gasteiger partial charge in [0.1, 0.15) is 0 Å². The SMILES string of the molecule is Cc1c(Br)ccc(Cl)c1C(N)=O. The fourth-order valence-electron chi connectivity index (χ4n) is 0.956. The van der Waals surface area contributed by atoms with Crippen molar-refractivity contribution in [3.05, 3.63) is 32.8 Å². The van der Waals surface area contributed by atoms with E-state index in [1.54, 1.807) is 19.1 Å². The molecule has 0 spiro atoms. The number of carbonyl (C=O) groups excluding carboxylic acids is 1. The van der Waals surface area contributed by atoms with Gasteiger partial charge in [-0.2, -0.15) is 0 Å². The van der Waals surface area contributed by atoms with Crippen molar-refractivity contribution < 1.29 is 4.79 Å². The van der Waals surface area contributed by atoms with Gasteiger partial charge in [-0.3, -0.25) is 4.79 Å². The topological polar surface area (TPSA) is 43.1 Å². The van der Waals surface area contributed by atoms with E-state index in [9.17, 15) is 4.79 Å². The molecule has 1 aromatic rings. The van der Waals surface area contributed by atoms with Crippen LogP contribution in [0.2, 0.25) is 5.02 Å². The molecule has 1 amide bonds. The molecule has 0 heterocycles. The number of rotatable bonds is 1. The van der Waals surface area contributed by atoms with E-state index in [1.807, 2.05) is 0 Å². The lowest BCUT2D eigenvalue weighted by molar-refractivity contribution is 0.1000. The zero-order valence-electron chi connectivity index (χ0n) is 6.40. The van der Waals surface area contributed by atoms with Gasteiger partial charge in [0.25, 0.3) is 5.91 Å². The predicted molar refractivity (Wildman–Crippen MR) is 52.4 cm³/mol. The summed E-state index contributed by atoms with van der Waals surface area (Å²) in [5.74, 6) is -0.501. The Balaban J connectivity index is 3.43. The zero-order chi connectivity index (χ0) is 9.30. The quantitative estimate of drug-likeness (QED) is 0.815. The van der Waals surface area contributed by atoms with E-state index >= 15 is 0 Å². The molecule has 1 rings (SSSR count). The maximum Gasteiger partial charge on any atom is 0.250 e. The Morgan fingerprint density at radius 3 is 2.58 bits per heavy atom. The van der Waals surface area contributed by atoms with Crippen LogP contribution in [0.1, 0.15) is 15.9 Å². The van der Waals surface area contributed by atoms with E-state index in [1.165, 1.54) is 0 Å². The average Bonchev–Trinajstić information content (AvgIpc) is 1.97. The monoisotopic (exact) mass is 247 g/mol. The molecule has 0 radical (unpaired) electrons. The average molecular weight is 249 g/mol. The minimum Gasteiger partial charge on any atom is -0.366 e. The summed E-state index contributed by atoms with van der Waals surface area (Å²) in [5.41, 5.74) is 6.29. The number of benzene rings is 1. The third kappa shape index (κ3) is 1.62. The molecule has 1 aromatic carbocycles. The smallest absolute Gasteiger partial charge is 0.250 e. The number of carbonyl (C=O) groups is 1. The van der Waals surface area contributed by atoms with Crippen molar-refractivity contribution >= 4 is 33.4 Å². The summed E-state index contributed by atoms with van der Waals surface area (Å²) in [6, 6.07) is 3.42. The number of halogens is 2. The second-order valence-corrected chi connectivity index (χ2v) is 3.65. The zero-order valence-corrected chi connectivity index (χ0v) is 8.74. The number of nitrogens with two attached hydrogens (primary N) is 1. The van der Waals surface area contributed by atoms with Gasteiger partial charge in [-0.15, -0.1) is 0 Å². The first-order chi connectivity index (χ1) is 5.54. The van der Waals surface area contributed by atoms with Gasteiger partial charge in [0.2, 0.25) is 0 Å². The molecule has 12 heavy (non-hydrogen) atoms. The molecule has 2 N–H and O–H groups in total. The first kappa shape index (κ1) is 9.55. The Labute approximate surface area is 83.8 Å². The van der Waals surface area contributed by atoms with Crippen molar-refractivity contribution in [2.24, 2.45) is 5.73 Å². The summed E-state index contributed by atoms with van der Waals surface area (Å²) < 4.78 is 0.834. The van der Waals surface area contributed by atoms with Crippen molar-refractivity contribution in [2.75, 3.05) is 0 Å². The van der Waals surface area contributed by atoms with E-state index in [0.29, 0.717) is 10.6 Å². The standard InChI is InChI=1S/C8H7BrClNO/c1-4-5(9)2-3-6(10)7(4)8(11)12/h2-3H,1H3,(H2,11,12). The number of hydrogen-bond acceptors (Lipinski definition) is 1. The third-order valence-electron chi connectivity index (χ3n) is 1.59. The summed E-state index contributed by atoms with van der Waals surface area (Å²) >= 11 is 9.06. The van der Waals surface area contributed by atoms with Gasteiger partial charge in [0.05, 0.1) is 10.6 Å². The first-order valence-electron chi connectivity index (χ1n) is 3.28. The van der Waals surface area contributed by atoms with Gasteiger partial charge >= 0.3 is 0 Å². The molecule has 0 bridgehead atoms. The van der Waals surface area contributed by atoms with Crippen LogP contribution in [0.5, 0.6) is 0 Å². The lowest BCUT2D eigenvalue weighted by atomic mass is 10.1. The molecule has 0 aromatic heterocycles. The Kier molecular flexibility index (Phi) is 2.75. The van der Waals surface area contributed by atoms with Crippen molar-refractivity contribution in [3.63, 3.8) is 0 Å². The van der Waals surface area contributed by atoms with Crippen LogP contribution in [0.15, 0.2) is 16.6 Å². The summed E-state index contributed by atoms with van der Waals surface area (Å²) in [4.78, 5) is 10.9. The maximum atomic E-state index is 10.9. The Bertz CT molecular complexity index is 338. The highest BCUT2D eigenvalue weighted by Gasteiger charge is 2.11. The molecule has 2 nitrogen and oxygen atoms in total. The Morgan fingerprint density at radius 2 is 2.17 bits per heavy atom. The Hall–Kier alpha value is -0.540. The Morgan fingerprint density at radius 1 is 1.58 bits per heavy atom.